The van der Waals surface area contributed by atoms with Crippen molar-refractivity contribution < 1.29 is 9.59 Å². The number of fused-ring (bicyclic) bond motifs is 1. The van der Waals surface area contributed by atoms with E-state index in [0.717, 1.165) is 44.4 Å². The molecule has 5 nitrogen and oxygen atoms in total. The van der Waals surface area contributed by atoms with Gasteiger partial charge in [0.25, 0.3) is 0 Å². The molecule has 1 aliphatic rings. The van der Waals surface area contributed by atoms with E-state index >= 15 is 0 Å². The molecule has 1 aliphatic heterocycles. The minimum Gasteiger partial charge on any atom is -0.346 e. The van der Waals surface area contributed by atoms with Gasteiger partial charge in [-0.25, -0.2) is 4.98 Å². The molecule has 1 aromatic heterocycles. The van der Waals surface area contributed by atoms with Gasteiger partial charge < -0.3 is 4.90 Å². The topological polar surface area (TPSA) is 53.5 Å². The average Bonchev–Trinajstić information content (AvgIpc) is 3.39. The summed E-state index contributed by atoms with van der Waals surface area (Å²) in [5.74, 6) is -0.448. The van der Waals surface area contributed by atoms with Crippen molar-refractivity contribution in [1.29, 1.82) is 0 Å². The van der Waals surface area contributed by atoms with Crippen LogP contribution in [-0.2, 0) is 21.5 Å². The Kier molecular flexibility index (Phi) is 8.42. The van der Waals surface area contributed by atoms with Gasteiger partial charge in [0, 0.05) is 23.2 Å². The fraction of sp³-hybridized carbons (Fsp3) is 0.167. The summed E-state index contributed by atoms with van der Waals surface area (Å²) < 4.78 is 0. The lowest BCUT2D eigenvalue weighted by atomic mass is 9.65. The Labute approximate surface area is 286 Å². The number of rotatable bonds is 9. The largest absolute Gasteiger partial charge is 0.346 e. The molecule has 0 bridgehead atoms. The van der Waals surface area contributed by atoms with Crippen LogP contribution in [0.3, 0.4) is 0 Å². The Hall–Kier alpha value is -5.10. The molecule has 0 amide bonds. The molecule has 2 heterocycles. The van der Waals surface area contributed by atoms with E-state index in [1.165, 1.54) is 0 Å². The van der Waals surface area contributed by atoms with Crippen LogP contribution in [0.5, 0.6) is 0 Å². The summed E-state index contributed by atoms with van der Waals surface area (Å²) in [6.07, 6.45) is 0.460. The van der Waals surface area contributed by atoms with E-state index in [1.807, 2.05) is 62.4 Å². The fourth-order valence-corrected chi connectivity index (χ4v) is 7.79. The van der Waals surface area contributed by atoms with E-state index < -0.39 is 22.8 Å². The lowest BCUT2D eigenvalue weighted by Gasteiger charge is -2.37. The van der Waals surface area contributed by atoms with Gasteiger partial charge in [-0.1, -0.05) is 133 Å². The first-order valence-electron chi connectivity index (χ1n) is 16.2. The predicted octanol–water partition coefficient (Wildman–Crippen LogP) is 8.47. The van der Waals surface area contributed by atoms with Crippen molar-refractivity contribution in [1.82, 2.24) is 9.88 Å². The van der Waals surface area contributed by atoms with E-state index in [9.17, 15) is 9.59 Å². The zero-order valence-electron chi connectivity index (χ0n) is 27.0. The van der Waals surface area contributed by atoms with Gasteiger partial charge in [-0.05, 0) is 65.9 Å². The normalized spacial score (nSPS) is 16.2. The van der Waals surface area contributed by atoms with Gasteiger partial charge >= 0.3 is 0 Å². The third kappa shape index (κ3) is 5.39. The number of hydrogen-bond acceptors (Lipinski definition) is 5. The molecule has 1 atom stereocenters. The number of carbonyl (C=O) groups excluding carboxylic acids is 2. The Morgan fingerprint density at radius 1 is 0.771 bits per heavy atom. The number of anilines is 1. The number of Topliss-reactive ketones (excluding diaryl/α,β-unsaturated/α-hetero) is 1. The molecule has 5 aromatic carbocycles. The van der Waals surface area contributed by atoms with E-state index in [0.29, 0.717) is 24.7 Å². The molecule has 1 unspecified atom stereocenters. The number of benzene rings is 5. The van der Waals surface area contributed by atoms with Crippen LogP contribution in [0.15, 0.2) is 146 Å². The molecule has 1 fully saturated rings. The highest BCUT2D eigenvalue weighted by atomic mass is 35.5. The molecule has 6 heteroatoms. The highest BCUT2D eigenvalue weighted by Gasteiger charge is 2.50. The SMILES string of the molecule is CC1(C)C(C(=O)C=O)N(c2ccc(C(c3ccccc3)(c3ccccc3)c3ccccc3)cc2)CN1Cc1cc(Cl)nc2ccccc12. The van der Waals surface area contributed by atoms with Crippen molar-refractivity contribution in [2.75, 3.05) is 11.6 Å². The summed E-state index contributed by atoms with van der Waals surface area (Å²) in [7, 11) is 0. The third-order valence-electron chi connectivity index (χ3n) is 9.89. The maximum atomic E-state index is 13.4. The Morgan fingerprint density at radius 3 is 1.81 bits per heavy atom. The third-order valence-corrected chi connectivity index (χ3v) is 10.1. The highest BCUT2D eigenvalue weighted by Crippen LogP contribution is 2.46. The molecule has 48 heavy (non-hydrogen) atoms. The van der Waals surface area contributed by atoms with Crippen LogP contribution in [-0.4, -0.2) is 40.2 Å². The first-order chi connectivity index (χ1) is 23.3. The Balaban J connectivity index is 1.32. The summed E-state index contributed by atoms with van der Waals surface area (Å²) >= 11 is 6.45. The summed E-state index contributed by atoms with van der Waals surface area (Å²) in [6, 6.07) is 49.4. The number of carbonyl (C=O) groups is 2. The van der Waals surface area contributed by atoms with Gasteiger partial charge in [0.15, 0.2) is 6.29 Å². The molecule has 7 rings (SSSR count). The van der Waals surface area contributed by atoms with Crippen LogP contribution in [0.2, 0.25) is 5.15 Å². The number of para-hydroxylation sites is 1. The predicted molar refractivity (Wildman–Crippen MR) is 193 cm³/mol. The second-order valence-electron chi connectivity index (χ2n) is 12.9. The van der Waals surface area contributed by atoms with Crippen LogP contribution >= 0.6 is 11.6 Å². The van der Waals surface area contributed by atoms with Crippen molar-refractivity contribution in [3.05, 3.63) is 179 Å². The van der Waals surface area contributed by atoms with E-state index in [1.54, 1.807) is 0 Å². The van der Waals surface area contributed by atoms with Crippen molar-refractivity contribution in [2.24, 2.45) is 0 Å². The molecule has 1 saturated heterocycles. The molecule has 238 valence electrons. The molecule has 0 saturated carbocycles. The average molecular weight is 650 g/mol. The minimum atomic E-state index is -0.674. The molecule has 0 spiro atoms. The van der Waals surface area contributed by atoms with E-state index in [2.05, 4.69) is 112 Å². The first-order valence-corrected chi connectivity index (χ1v) is 16.5. The zero-order valence-corrected chi connectivity index (χ0v) is 27.7. The lowest BCUT2D eigenvalue weighted by molar-refractivity contribution is -0.131. The van der Waals surface area contributed by atoms with Crippen LogP contribution in [0.4, 0.5) is 5.69 Å². The number of nitrogens with zero attached hydrogens (tertiary/aromatic N) is 3. The zero-order chi connectivity index (χ0) is 33.3. The second kappa shape index (κ2) is 12.8. The van der Waals surface area contributed by atoms with Gasteiger partial charge in [0.2, 0.25) is 5.78 Å². The molecule has 0 N–H and O–H groups in total. The molecule has 0 radical (unpaired) electrons. The Morgan fingerprint density at radius 2 is 1.27 bits per heavy atom. The minimum absolute atomic E-state index is 0.424. The summed E-state index contributed by atoms with van der Waals surface area (Å²) in [5, 5.41) is 1.44. The van der Waals surface area contributed by atoms with Crippen molar-refractivity contribution in [3.8, 4) is 0 Å². The monoisotopic (exact) mass is 649 g/mol. The molecular weight excluding hydrogens is 614 g/mol. The van der Waals surface area contributed by atoms with Gasteiger partial charge in [-0.3, -0.25) is 14.5 Å². The van der Waals surface area contributed by atoms with Crippen molar-refractivity contribution in [3.63, 3.8) is 0 Å². The van der Waals surface area contributed by atoms with Crippen LogP contribution in [0.25, 0.3) is 10.9 Å². The number of hydrogen-bond donors (Lipinski definition) is 0. The van der Waals surface area contributed by atoms with Crippen molar-refractivity contribution in [2.45, 2.75) is 37.4 Å². The van der Waals surface area contributed by atoms with Crippen LogP contribution < -0.4 is 4.90 Å². The fourth-order valence-electron chi connectivity index (χ4n) is 7.57. The second-order valence-corrected chi connectivity index (χ2v) is 13.3. The van der Waals surface area contributed by atoms with E-state index in [-0.39, 0.29) is 0 Å². The number of ketones is 1. The van der Waals surface area contributed by atoms with Crippen LogP contribution in [0.1, 0.15) is 41.7 Å². The summed E-state index contributed by atoms with van der Waals surface area (Å²) in [5.41, 5.74) is 6.03. The van der Waals surface area contributed by atoms with Gasteiger partial charge in [0.05, 0.1) is 17.6 Å². The molecule has 0 aliphatic carbocycles. The summed E-state index contributed by atoms with van der Waals surface area (Å²) in [6.45, 7) is 5.05. The number of halogens is 1. The smallest absolute Gasteiger partial charge is 0.219 e. The van der Waals surface area contributed by atoms with Gasteiger partial charge in [-0.15, -0.1) is 0 Å². The summed E-state index contributed by atoms with van der Waals surface area (Å²) in [4.78, 5) is 34.3. The number of aldehydes is 1. The molecule has 6 aromatic rings. The van der Waals surface area contributed by atoms with Gasteiger partial charge in [-0.2, -0.15) is 0 Å². The number of pyridine rings is 1. The van der Waals surface area contributed by atoms with Crippen LogP contribution in [0, 0.1) is 0 Å². The molecular formula is C42H36ClN3O2. The maximum Gasteiger partial charge on any atom is 0.219 e. The lowest BCUT2D eigenvalue weighted by Crippen LogP contribution is -2.51. The number of aromatic nitrogens is 1. The maximum absolute atomic E-state index is 13.4. The first kappa shape index (κ1) is 31.5. The van der Waals surface area contributed by atoms with Crippen molar-refractivity contribution >= 4 is 40.3 Å². The highest BCUT2D eigenvalue weighted by molar-refractivity contribution is 6.30. The quantitative estimate of drug-likeness (QED) is 0.0681. The van der Waals surface area contributed by atoms with E-state index in [4.69, 9.17) is 11.6 Å². The Bertz CT molecular complexity index is 1970. The van der Waals surface area contributed by atoms with Gasteiger partial charge in [0.1, 0.15) is 11.2 Å². The standard InChI is InChI=1S/C42H36ClN3O2/c1-41(2)40(38(48)28-47)46(29-45(41)27-30-26-39(43)44-37-21-13-12-20-36(30)37)35-24-22-34(23-25-35)42(31-14-6-3-7-15-31,32-16-8-4-9-17-32)33-18-10-5-11-19-33/h3-26,28,40H,27,29H2,1-2H3.